The zero-order valence-corrected chi connectivity index (χ0v) is 21.2. The zero-order chi connectivity index (χ0) is 26.4. The van der Waals surface area contributed by atoms with Crippen LogP contribution in [-0.2, 0) is 27.3 Å². The van der Waals surface area contributed by atoms with Crippen LogP contribution in [0.1, 0.15) is 67.9 Å². The Morgan fingerprint density at radius 3 is 2.33 bits per heavy atom. The minimum absolute atomic E-state index is 0.0311. The summed E-state index contributed by atoms with van der Waals surface area (Å²) in [4.78, 5) is 48.4. The molecule has 0 aromatic heterocycles. The van der Waals surface area contributed by atoms with Crippen LogP contribution >= 0.6 is 0 Å². The standard InChI is InChI=1S/C29H35NO6/c1-4-21(25(16-31)27(35)11-17(2)32)12-20-13-24-23(9-10-26(34)29(24)28(36)14-20)22-7-5-19(6-8-22)15-30-18(3)33/h5-10,20-21,25,31,34H,4,11-16H2,1-3H3,(H,30,33). The number of carbonyl (C=O) groups excluding carboxylic acids is 4. The lowest BCUT2D eigenvalue weighted by Gasteiger charge is -2.31. The van der Waals surface area contributed by atoms with Crippen LogP contribution in [0.2, 0.25) is 0 Å². The number of aliphatic hydroxyl groups excluding tert-OH is 1. The molecule has 3 atom stereocenters. The van der Waals surface area contributed by atoms with E-state index in [2.05, 4.69) is 5.32 Å². The summed E-state index contributed by atoms with van der Waals surface area (Å²) in [5.41, 5.74) is 3.86. The van der Waals surface area contributed by atoms with E-state index in [-0.39, 0.29) is 60.3 Å². The molecule has 0 heterocycles. The number of aromatic hydroxyl groups is 1. The van der Waals surface area contributed by atoms with Gasteiger partial charge in [0.05, 0.1) is 18.6 Å². The monoisotopic (exact) mass is 493 g/mol. The van der Waals surface area contributed by atoms with Crippen molar-refractivity contribution in [2.24, 2.45) is 17.8 Å². The average Bonchev–Trinajstić information content (AvgIpc) is 2.82. The molecule has 3 rings (SSSR count). The summed E-state index contributed by atoms with van der Waals surface area (Å²) in [7, 11) is 0. The Labute approximate surface area is 211 Å². The summed E-state index contributed by atoms with van der Waals surface area (Å²) in [6.45, 7) is 4.89. The molecule has 36 heavy (non-hydrogen) atoms. The first-order valence-electron chi connectivity index (χ1n) is 12.5. The van der Waals surface area contributed by atoms with E-state index in [0.717, 1.165) is 22.3 Å². The third kappa shape index (κ3) is 6.46. The molecule has 2 aromatic carbocycles. The van der Waals surface area contributed by atoms with Gasteiger partial charge in [-0.15, -0.1) is 0 Å². The quantitative estimate of drug-likeness (QED) is 0.407. The van der Waals surface area contributed by atoms with Crippen LogP contribution < -0.4 is 5.32 Å². The number of rotatable bonds is 11. The maximum absolute atomic E-state index is 13.1. The maximum Gasteiger partial charge on any atom is 0.217 e. The Hall–Kier alpha value is -3.32. The Morgan fingerprint density at radius 1 is 1.06 bits per heavy atom. The molecule has 0 bridgehead atoms. The van der Waals surface area contributed by atoms with E-state index in [9.17, 15) is 29.4 Å². The van der Waals surface area contributed by atoms with E-state index in [0.29, 0.717) is 31.4 Å². The summed E-state index contributed by atoms with van der Waals surface area (Å²) in [6.07, 6.45) is 1.85. The lowest BCUT2D eigenvalue weighted by Crippen LogP contribution is -2.31. The SMILES string of the molecule is CCC(CC1CC(=O)c2c(O)ccc(-c3ccc(CNC(C)=O)cc3)c2C1)C(CO)C(=O)CC(C)=O. The molecule has 0 radical (unpaired) electrons. The first-order valence-corrected chi connectivity index (χ1v) is 12.5. The molecule has 1 aliphatic rings. The van der Waals surface area contributed by atoms with Gasteiger partial charge in [0.15, 0.2) is 5.78 Å². The highest BCUT2D eigenvalue weighted by atomic mass is 16.3. The molecule has 7 nitrogen and oxygen atoms in total. The second-order valence-corrected chi connectivity index (χ2v) is 9.83. The van der Waals surface area contributed by atoms with Crippen molar-refractivity contribution in [3.05, 3.63) is 53.1 Å². The molecule has 3 N–H and O–H groups in total. The third-order valence-electron chi connectivity index (χ3n) is 7.11. The number of carbonyl (C=O) groups is 4. The molecule has 2 aromatic rings. The second kappa shape index (κ2) is 12.1. The highest BCUT2D eigenvalue weighted by Gasteiger charge is 2.34. The van der Waals surface area contributed by atoms with Crippen LogP contribution in [-0.4, -0.2) is 40.1 Å². The highest BCUT2D eigenvalue weighted by molar-refractivity contribution is 6.03. The number of fused-ring (bicyclic) bond motifs is 1. The molecular formula is C29H35NO6. The zero-order valence-electron chi connectivity index (χ0n) is 21.2. The smallest absolute Gasteiger partial charge is 0.217 e. The van der Waals surface area contributed by atoms with Gasteiger partial charge >= 0.3 is 0 Å². The maximum atomic E-state index is 13.1. The predicted molar refractivity (Wildman–Crippen MR) is 136 cm³/mol. The van der Waals surface area contributed by atoms with Crippen molar-refractivity contribution in [3.63, 3.8) is 0 Å². The molecule has 3 unspecified atom stereocenters. The minimum atomic E-state index is -0.629. The predicted octanol–water partition coefficient (Wildman–Crippen LogP) is 4.01. The van der Waals surface area contributed by atoms with Crippen LogP contribution in [0.25, 0.3) is 11.1 Å². The van der Waals surface area contributed by atoms with Gasteiger partial charge < -0.3 is 15.5 Å². The summed E-state index contributed by atoms with van der Waals surface area (Å²) in [6, 6.07) is 11.1. The number of phenolic OH excluding ortho intramolecular Hbond substituents is 1. The van der Waals surface area contributed by atoms with Gasteiger partial charge in [0, 0.05) is 25.8 Å². The van der Waals surface area contributed by atoms with Crippen molar-refractivity contribution in [3.8, 4) is 16.9 Å². The van der Waals surface area contributed by atoms with E-state index in [1.807, 2.05) is 37.3 Å². The molecule has 1 aliphatic carbocycles. The second-order valence-electron chi connectivity index (χ2n) is 9.83. The van der Waals surface area contributed by atoms with E-state index in [4.69, 9.17) is 0 Å². The normalized spacial score (nSPS) is 16.7. The van der Waals surface area contributed by atoms with Crippen molar-refractivity contribution < 1.29 is 29.4 Å². The third-order valence-corrected chi connectivity index (χ3v) is 7.11. The first-order chi connectivity index (χ1) is 17.1. The number of aliphatic hydroxyl groups is 1. The number of hydrogen-bond acceptors (Lipinski definition) is 6. The summed E-state index contributed by atoms with van der Waals surface area (Å²) in [5, 5.41) is 23.2. The fourth-order valence-electron chi connectivity index (χ4n) is 5.28. The van der Waals surface area contributed by atoms with Crippen LogP contribution in [0.4, 0.5) is 0 Å². The molecule has 0 spiro atoms. The van der Waals surface area contributed by atoms with Crippen LogP contribution in [0.15, 0.2) is 36.4 Å². The molecule has 0 saturated carbocycles. The van der Waals surface area contributed by atoms with E-state index >= 15 is 0 Å². The molecule has 1 amide bonds. The van der Waals surface area contributed by atoms with Gasteiger partial charge in [-0.2, -0.15) is 0 Å². The number of nitrogens with one attached hydrogen (secondary N) is 1. The van der Waals surface area contributed by atoms with Crippen LogP contribution in [0, 0.1) is 17.8 Å². The Kier molecular flexibility index (Phi) is 9.15. The minimum Gasteiger partial charge on any atom is -0.507 e. The van der Waals surface area contributed by atoms with E-state index in [1.165, 1.54) is 13.8 Å². The van der Waals surface area contributed by atoms with Gasteiger partial charge in [-0.3, -0.25) is 19.2 Å². The largest absolute Gasteiger partial charge is 0.507 e. The fraction of sp³-hybridized carbons (Fsp3) is 0.448. The number of phenols is 1. The van der Waals surface area contributed by atoms with Crippen molar-refractivity contribution in [2.45, 2.75) is 59.4 Å². The lowest BCUT2D eigenvalue weighted by molar-refractivity contribution is -0.131. The average molecular weight is 494 g/mol. The molecule has 7 heteroatoms. The number of Topliss-reactive ketones (excluding diaryl/α,β-unsaturated/α-hetero) is 3. The van der Waals surface area contributed by atoms with Gasteiger partial charge in [0.2, 0.25) is 5.91 Å². The Morgan fingerprint density at radius 2 is 1.75 bits per heavy atom. The van der Waals surface area contributed by atoms with E-state index < -0.39 is 5.92 Å². The number of benzene rings is 2. The van der Waals surface area contributed by atoms with Gasteiger partial charge in [-0.1, -0.05) is 43.7 Å². The lowest BCUT2D eigenvalue weighted by atomic mass is 9.72. The van der Waals surface area contributed by atoms with Crippen LogP contribution in [0.3, 0.4) is 0 Å². The Balaban J connectivity index is 1.87. The molecule has 0 aliphatic heterocycles. The molecular weight excluding hydrogens is 458 g/mol. The fourth-order valence-corrected chi connectivity index (χ4v) is 5.28. The van der Waals surface area contributed by atoms with Gasteiger partial charge in [-0.05, 0) is 59.9 Å². The first kappa shape index (κ1) is 27.3. The molecule has 192 valence electrons. The summed E-state index contributed by atoms with van der Waals surface area (Å²) >= 11 is 0. The van der Waals surface area contributed by atoms with Gasteiger partial charge in [0.25, 0.3) is 0 Å². The van der Waals surface area contributed by atoms with Crippen molar-refractivity contribution in [1.29, 1.82) is 0 Å². The topological polar surface area (TPSA) is 121 Å². The number of amides is 1. The highest BCUT2D eigenvalue weighted by Crippen LogP contribution is 2.41. The van der Waals surface area contributed by atoms with Crippen molar-refractivity contribution in [1.82, 2.24) is 5.32 Å². The van der Waals surface area contributed by atoms with Crippen molar-refractivity contribution >= 4 is 23.3 Å². The van der Waals surface area contributed by atoms with Gasteiger partial charge in [-0.25, -0.2) is 0 Å². The number of ketones is 3. The van der Waals surface area contributed by atoms with Crippen LogP contribution in [0.5, 0.6) is 5.75 Å². The summed E-state index contributed by atoms with van der Waals surface area (Å²) in [5.74, 6) is -1.56. The van der Waals surface area contributed by atoms with Crippen molar-refractivity contribution in [2.75, 3.05) is 6.61 Å². The van der Waals surface area contributed by atoms with E-state index in [1.54, 1.807) is 6.07 Å². The summed E-state index contributed by atoms with van der Waals surface area (Å²) < 4.78 is 0. The number of hydrogen-bond donors (Lipinski definition) is 3. The Bertz CT molecular complexity index is 1140. The molecule has 0 saturated heterocycles. The van der Waals surface area contributed by atoms with Gasteiger partial charge in [0.1, 0.15) is 17.3 Å². The molecule has 0 fully saturated rings.